The molecule has 1 N–H and O–H groups in total. The standard InChI is InChI=1S/C12H7Cl2N3O/c13-8-2-1-7-11-6(9(5-15)16-17-11)3-4-18-12(7)10(8)14/h1-2H,3-4H2,(H,16,17). The van der Waals surface area contributed by atoms with Crippen LogP contribution in [0, 0.1) is 11.3 Å². The molecule has 6 heteroatoms. The summed E-state index contributed by atoms with van der Waals surface area (Å²) in [7, 11) is 0. The van der Waals surface area contributed by atoms with Crippen molar-refractivity contribution in [2.24, 2.45) is 0 Å². The van der Waals surface area contributed by atoms with Crippen LogP contribution in [0.2, 0.25) is 10.0 Å². The fraction of sp³-hybridized carbons (Fsp3) is 0.167. The first-order valence-electron chi connectivity index (χ1n) is 5.31. The number of hydrogen-bond acceptors (Lipinski definition) is 3. The number of fused-ring (bicyclic) bond motifs is 3. The van der Waals surface area contributed by atoms with Crippen LogP contribution in [0.1, 0.15) is 11.3 Å². The highest BCUT2D eigenvalue weighted by atomic mass is 35.5. The Labute approximate surface area is 113 Å². The highest BCUT2D eigenvalue weighted by Crippen LogP contribution is 2.42. The van der Waals surface area contributed by atoms with Crippen LogP contribution in [0.25, 0.3) is 11.3 Å². The Balaban J connectivity index is 2.29. The van der Waals surface area contributed by atoms with Crippen molar-refractivity contribution in [2.75, 3.05) is 6.61 Å². The van der Waals surface area contributed by atoms with Crippen LogP contribution in [0.15, 0.2) is 12.1 Å². The van der Waals surface area contributed by atoms with Crippen molar-refractivity contribution in [1.82, 2.24) is 10.2 Å². The minimum atomic E-state index is 0.384. The molecule has 0 bridgehead atoms. The van der Waals surface area contributed by atoms with Crippen molar-refractivity contribution in [3.63, 3.8) is 0 Å². The Morgan fingerprint density at radius 3 is 3.00 bits per heavy atom. The minimum absolute atomic E-state index is 0.384. The fourth-order valence-corrected chi connectivity index (χ4v) is 2.42. The molecule has 1 aromatic heterocycles. The van der Waals surface area contributed by atoms with Gasteiger partial charge in [-0.15, -0.1) is 0 Å². The van der Waals surface area contributed by atoms with Gasteiger partial charge in [0.05, 0.1) is 17.3 Å². The minimum Gasteiger partial charge on any atom is -0.491 e. The summed E-state index contributed by atoms with van der Waals surface area (Å²) in [5, 5.41) is 16.7. The molecule has 0 amide bonds. The molecule has 90 valence electrons. The first-order chi connectivity index (χ1) is 8.72. The zero-order valence-corrected chi connectivity index (χ0v) is 10.6. The van der Waals surface area contributed by atoms with Crippen molar-refractivity contribution in [2.45, 2.75) is 6.42 Å². The van der Waals surface area contributed by atoms with Gasteiger partial charge in [-0.3, -0.25) is 5.10 Å². The number of halogens is 2. The van der Waals surface area contributed by atoms with Crippen molar-refractivity contribution in [3.8, 4) is 23.1 Å². The average Bonchev–Trinajstić information content (AvgIpc) is 2.68. The van der Waals surface area contributed by atoms with Crippen LogP contribution in [0.4, 0.5) is 0 Å². The molecule has 3 rings (SSSR count). The third-order valence-corrected chi connectivity index (χ3v) is 3.68. The smallest absolute Gasteiger partial charge is 0.166 e. The molecule has 1 aromatic carbocycles. The lowest BCUT2D eigenvalue weighted by Crippen LogP contribution is -2.00. The van der Waals surface area contributed by atoms with Crippen LogP contribution >= 0.6 is 23.2 Å². The highest BCUT2D eigenvalue weighted by Gasteiger charge is 2.23. The Morgan fingerprint density at radius 2 is 2.22 bits per heavy atom. The Hall–Kier alpha value is -1.70. The summed E-state index contributed by atoms with van der Waals surface area (Å²) in [6.45, 7) is 0.439. The molecule has 0 saturated carbocycles. The SMILES string of the molecule is N#Cc1n[nH]c2c1CCOc1c-2ccc(Cl)c1Cl. The summed E-state index contributed by atoms with van der Waals surface area (Å²) in [6, 6.07) is 5.58. The number of hydrogen-bond donors (Lipinski definition) is 1. The molecule has 1 aliphatic heterocycles. The van der Waals surface area contributed by atoms with Gasteiger partial charge >= 0.3 is 0 Å². The van der Waals surface area contributed by atoms with E-state index in [1.165, 1.54) is 0 Å². The lowest BCUT2D eigenvalue weighted by Gasteiger charge is -2.09. The lowest BCUT2D eigenvalue weighted by atomic mass is 10.0. The zero-order chi connectivity index (χ0) is 12.7. The molecule has 2 aromatic rings. The van der Waals surface area contributed by atoms with Crippen LogP contribution < -0.4 is 4.74 Å². The molecule has 4 nitrogen and oxygen atoms in total. The molecule has 0 unspecified atom stereocenters. The van der Waals surface area contributed by atoms with Crippen LogP contribution in [-0.2, 0) is 6.42 Å². The Kier molecular flexibility index (Phi) is 2.66. The summed E-state index contributed by atoms with van der Waals surface area (Å²) >= 11 is 12.1. The van der Waals surface area contributed by atoms with Crippen LogP contribution in [-0.4, -0.2) is 16.8 Å². The molecular weight excluding hydrogens is 273 g/mol. The molecule has 0 atom stereocenters. The van der Waals surface area contributed by atoms with Crippen molar-refractivity contribution < 1.29 is 4.74 Å². The number of aromatic nitrogens is 2. The normalized spacial score (nSPS) is 12.9. The molecule has 0 aliphatic carbocycles. The first-order valence-corrected chi connectivity index (χ1v) is 6.06. The second kappa shape index (κ2) is 4.20. The molecule has 0 radical (unpaired) electrons. The van der Waals surface area contributed by atoms with E-state index in [1.54, 1.807) is 6.07 Å². The third-order valence-electron chi connectivity index (χ3n) is 2.89. The highest BCUT2D eigenvalue weighted by molar-refractivity contribution is 6.43. The summed E-state index contributed by atoms with van der Waals surface area (Å²) in [4.78, 5) is 0. The van der Waals surface area contributed by atoms with E-state index >= 15 is 0 Å². The fourth-order valence-electron chi connectivity index (χ4n) is 2.05. The second-order valence-electron chi connectivity index (χ2n) is 3.87. The zero-order valence-electron chi connectivity index (χ0n) is 9.13. The largest absolute Gasteiger partial charge is 0.491 e. The molecule has 0 saturated heterocycles. The van der Waals surface area contributed by atoms with E-state index in [0.717, 1.165) is 16.8 Å². The van der Waals surface area contributed by atoms with Crippen molar-refractivity contribution >= 4 is 23.2 Å². The van der Waals surface area contributed by atoms with Gasteiger partial charge in [0.15, 0.2) is 5.69 Å². The topological polar surface area (TPSA) is 61.7 Å². The number of aromatic amines is 1. The summed E-state index contributed by atoms with van der Waals surface area (Å²) < 4.78 is 5.63. The van der Waals surface area contributed by atoms with E-state index in [0.29, 0.717) is 34.5 Å². The van der Waals surface area contributed by atoms with E-state index in [2.05, 4.69) is 16.3 Å². The number of rotatable bonds is 0. The van der Waals surface area contributed by atoms with Gasteiger partial charge in [0, 0.05) is 17.5 Å². The number of benzene rings is 1. The van der Waals surface area contributed by atoms with Gasteiger partial charge in [0.1, 0.15) is 16.8 Å². The van der Waals surface area contributed by atoms with Crippen molar-refractivity contribution in [1.29, 1.82) is 5.26 Å². The number of ether oxygens (including phenoxy) is 1. The van der Waals surface area contributed by atoms with E-state index in [9.17, 15) is 0 Å². The Morgan fingerprint density at radius 1 is 1.39 bits per heavy atom. The Bertz CT molecular complexity index is 673. The molecule has 0 spiro atoms. The van der Waals surface area contributed by atoms with Crippen molar-refractivity contribution in [3.05, 3.63) is 33.4 Å². The van der Waals surface area contributed by atoms with Crippen LogP contribution in [0.3, 0.4) is 0 Å². The quantitative estimate of drug-likeness (QED) is 0.806. The maximum atomic E-state index is 9.00. The monoisotopic (exact) mass is 279 g/mol. The van der Waals surface area contributed by atoms with Gasteiger partial charge in [0.2, 0.25) is 0 Å². The van der Waals surface area contributed by atoms with E-state index in [4.69, 9.17) is 33.2 Å². The van der Waals surface area contributed by atoms with Gasteiger partial charge in [-0.1, -0.05) is 23.2 Å². The number of nitrogens with one attached hydrogen (secondary N) is 1. The second-order valence-corrected chi connectivity index (χ2v) is 4.66. The number of nitriles is 1. The van der Waals surface area contributed by atoms with E-state index in [-0.39, 0.29) is 0 Å². The summed E-state index contributed by atoms with van der Waals surface area (Å²) in [5.41, 5.74) is 2.81. The molecule has 2 heterocycles. The van der Waals surface area contributed by atoms with Crippen LogP contribution in [0.5, 0.6) is 5.75 Å². The number of nitrogens with zero attached hydrogens (tertiary/aromatic N) is 2. The molecule has 0 fully saturated rings. The molecular formula is C12H7Cl2N3O. The molecule has 18 heavy (non-hydrogen) atoms. The van der Waals surface area contributed by atoms with Gasteiger partial charge in [-0.05, 0) is 12.1 Å². The maximum absolute atomic E-state index is 9.00. The third kappa shape index (κ3) is 1.56. The lowest BCUT2D eigenvalue weighted by molar-refractivity contribution is 0.326. The summed E-state index contributed by atoms with van der Waals surface area (Å²) in [5.74, 6) is 0.538. The average molecular weight is 280 g/mol. The predicted octanol–water partition coefficient (Wildman–Crippen LogP) is 3.19. The molecule has 1 aliphatic rings. The predicted molar refractivity (Wildman–Crippen MR) is 68.0 cm³/mol. The van der Waals surface area contributed by atoms with E-state index in [1.807, 2.05) is 6.07 Å². The first kappa shape index (κ1) is 11.4. The van der Waals surface area contributed by atoms with E-state index < -0.39 is 0 Å². The van der Waals surface area contributed by atoms with Gasteiger partial charge < -0.3 is 4.74 Å². The summed E-state index contributed by atoms with van der Waals surface area (Å²) in [6.07, 6.45) is 0.608. The van der Waals surface area contributed by atoms with Gasteiger partial charge in [-0.2, -0.15) is 10.4 Å². The van der Waals surface area contributed by atoms with Gasteiger partial charge in [-0.25, -0.2) is 0 Å². The number of H-pyrrole nitrogens is 1. The van der Waals surface area contributed by atoms with Gasteiger partial charge in [0.25, 0.3) is 0 Å². The maximum Gasteiger partial charge on any atom is 0.166 e.